The van der Waals surface area contributed by atoms with Crippen molar-refractivity contribution in [1.82, 2.24) is 9.97 Å². The fourth-order valence-corrected chi connectivity index (χ4v) is 1.79. The van der Waals surface area contributed by atoms with Crippen LogP contribution in [0.4, 0.5) is 24.8 Å². The van der Waals surface area contributed by atoms with Crippen molar-refractivity contribution < 1.29 is 13.2 Å². The minimum Gasteiger partial charge on any atom is -0.367 e. The van der Waals surface area contributed by atoms with Crippen molar-refractivity contribution >= 4 is 11.6 Å². The lowest BCUT2D eigenvalue weighted by atomic mass is 10.2. The maximum Gasteiger partial charge on any atom is 0.391 e. The molecule has 0 amide bonds. The second-order valence-electron chi connectivity index (χ2n) is 4.78. The molecule has 0 radical (unpaired) electrons. The van der Waals surface area contributed by atoms with Gasteiger partial charge in [0.2, 0.25) is 0 Å². The molecule has 1 aromatic rings. The monoisotopic (exact) mass is 275 g/mol. The topological polar surface area (TPSA) is 75.9 Å². The zero-order chi connectivity index (χ0) is 14.0. The first-order valence-corrected chi connectivity index (χ1v) is 6.06. The van der Waals surface area contributed by atoms with Gasteiger partial charge in [0.1, 0.15) is 17.5 Å². The molecule has 106 valence electrons. The number of hydrazine groups is 1. The predicted molar refractivity (Wildman–Crippen MR) is 65.6 cm³/mol. The lowest BCUT2D eigenvalue weighted by Crippen LogP contribution is -2.24. The highest BCUT2D eigenvalue weighted by atomic mass is 19.4. The van der Waals surface area contributed by atoms with E-state index in [-0.39, 0.29) is 0 Å². The summed E-state index contributed by atoms with van der Waals surface area (Å²) in [6.07, 6.45) is -3.11. The number of halogens is 3. The molecule has 1 fully saturated rings. The number of alkyl halides is 3. The first-order chi connectivity index (χ1) is 8.87. The Morgan fingerprint density at radius 2 is 2.00 bits per heavy atom. The Kier molecular flexibility index (Phi) is 3.79. The molecule has 19 heavy (non-hydrogen) atoms. The molecule has 0 aliphatic heterocycles. The fraction of sp³-hybridized carbons (Fsp3) is 0.636. The molecule has 1 saturated carbocycles. The summed E-state index contributed by atoms with van der Waals surface area (Å²) in [5, 5.41) is 2.73. The van der Waals surface area contributed by atoms with Crippen LogP contribution in [0.1, 0.15) is 37.9 Å². The molecule has 1 unspecified atom stereocenters. The van der Waals surface area contributed by atoms with Crippen molar-refractivity contribution in [3.8, 4) is 0 Å². The highest BCUT2D eigenvalue weighted by molar-refractivity contribution is 5.48. The number of hydrogen-bond donors (Lipinski definition) is 3. The quantitative estimate of drug-likeness (QED) is 0.568. The van der Waals surface area contributed by atoms with Gasteiger partial charge in [0, 0.05) is 18.0 Å². The molecule has 1 atom stereocenters. The minimum atomic E-state index is -4.20. The van der Waals surface area contributed by atoms with E-state index in [1.54, 1.807) is 0 Å². The van der Waals surface area contributed by atoms with E-state index < -0.39 is 18.6 Å². The SMILES string of the molecule is CC(CC(F)(F)F)Nc1cc(NN)nc(C2CC2)n1. The molecule has 0 aromatic carbocycles. The van der Waals surface area contributed by atoms with Gasteiger partial charge >= 0.3 is 6.18 Å². The fourth-order valence-electron chi connectivity index (χ4n) is 1.79. The zero-order valence-corrected chi connectivity index (χ0v) is 10.5. The van der Waals surface area contributed by atoms with Crippen LogP contribution in [0, 0.1) is 0 Å². The van der Waals surface area contributed by atoms with Gasteiger partial charge in [-0.05, 0) is 19.8 Å². The van der Waals surface area contributed by atoms with Crippen LogP contribution in [0.15, 0.2) is 6.07 Å². The third-order valence-corrected chi connectivity index (χ3v) is 2.77. The third kappa shape index (κ3) is 4.23. The molecule has 1 aliphatic carbocycles. The maximum atomic E-state index is 12.3. The molecule has 0 saturated heterocycles. The molecular weight excluding hydrogens is 259 g/mol. The van der Waals surface area contributed by atoms with Crippen LogP contribution in [0.3, 0.4) is 0 Å². The lowest BCUT2D eigenvalue weighted by molar-refractivity contribution is -0.136. The summed E-state index contributed by atoms with van der Waals surface area (Å²) in [4.78, 5) is 8.41. The molecule has 1 aromatic heterocycles. The van der Waals surface area contributed by atoms with Crippen LogP contribution in [-0.4, -0.2) is 22.2 Å². The van der Waals surface area contributed by atoms with E-state index in [1.807, 2.05) is 0 Å². The number of hydrogen-bond acceptors (Lipinski definition) is 5. The molecule has 4 N–H and O–H groups in total. The summed E-state index contributed by atoms with van der Waals surface area (Å²) < 4.78 is 36.8. The van der Waals surface area contributed by atoms with Gasteiger partial charge in [-0.15, -0.1) is 0 Å². The zero-order valence-electron chi connectivity index (χ0n) is 10.5. The van der Waals surface area contributed by atoms with Crippen molar-refractivity contribution in [2.24, 2.45) is 5.84 Å². The average Bonchev–Trinajstić information content (AvgIpc) is 3.09. The van der Waals surface area contributed by atoms with Gasteiger partial charge in [-0.3, -0.25) is 0 Å². The largest absolute Gasteiger partial charge is 0.391 e. The minimum absolute atomic E-state index is 0.298. The first kappa shape index (κ1) is 13.9. The predicted octanol–water partition coefficient (Wildman–Crippen LogP) is 2.39. The van der Waals surface area contributed by atoms with E-state index in [9.17, 15) is 13.2 Å². The molecule has 0 bridgehead atoms. The Bertz CT molecular complexity index is 444. The number of rotatable bonds is 5. The summed E-state index contributed by atoms with van der Waals surface area (Å²) in [7, 11) is 0. The summed E-state index contributed by atoms with van der Waals surface area (Å²) in [6.45, 7) is 1.46. The van der Waals surface area contributed by atoms with Gasteiger partial charge in [-0.1, -0.05) is 0 Å². The number of aromatic nitrogens is 2. The van der Waals surface area contributed by atoms with Crippen molar-refractivity contribution in [3.05, 3.63) is 11.9 Å². The average molecular weight is 275 g/mol. The Hall–Kier alpha value is -1.57. The second-order valence-corrected chi connectivity index (χ2v) is 4.78. The van der Waals surface area contributed by atoms with E-state index in [1.165, 1.54) is 13.0 Å². The Morgan fingerprint density at radius 1 is 1.37 bits per heavy atom. The highest BCUT2D eigenvalue weighted by Gasteiger charge is 2.31. The summed E-state index contributed by atoms with van der Waals surface area (Å²) >= 11 is 0. The normalized spacial score (nSPS) is 17.1. The van der Waals surface area contributed by atoms with Gasteiger partial charge in [-0.2, -0.15) is 13.2 Å². The van der Waals surface area contributed by atoms with Crippen molar-refractivity contribution in [1.29, 1.82) is 0 Å². The van der Waals surface area contributed by atoms with Crippen LogP contribution < -0.4 is 16.6 Å². The van der Waals surface area contributed by atoms with E-state index in [4.69, 9.17) is 5.84 Å². The Labute approximate surface area is 108 Å². The Balaban J connectivity index is 2.08. The molecule has 2 rings (SSSR count). The molecule has 5 nitrogen and oxygen atoms in total. The highest BCUT2D eigenvalue weighted by Crippen LogP contribution is 2.38. The molecule has 8 heteroatoms. The number of nitrogens with two attached hydrogens (primary N) is 1. The van der Waals surface area contributed by atoms with Gasteiger partial charge < -0.3 is 10.7 Å². The Morgan fingerprint density at radius 3 is 2.53 bits per heavy atom. The van der Waals surface area contributed by atoms with Crippen molar-refractivity contribution in [2.75, 3.05) is 10.7 Å². The van der Waals surface area contributed by atoms with Crippen LogP contribution >= 0.6 is 0 Å². The molecule has 1 heterocycles. The number of nitrogens with one attached hydrogen (secondary N) is 2. The van der Waals surface area contributed by atoms with E-state index in [2.05, 4.69) is 20.7 Å². The van der Waals surface area contributed by atoms with Gasteiger partial charge in [0.05, 0.1) is 6.42 Å². The van der Waals surface area contributed by atoms with Crippen molar-refractivity contribution in [3.63, 3.8) is 0 Å². The number of nitrogen functional groups attached to an aromatic ring is 1. The van der Waals surface area contributed by atoms with E-state index in [0.29, 0.717) is 23.4 Å². The lowest BCUT2D eigenvalue weighted by Gasteiger charge is -2.17. The summed E-state index contributed by atoms with van der Waals surface area (Å²) in [6, 6.07) is 0.742. The summed E-state index contributed by atoms with van der Waals surface area (Å²) in [5.41, 5.74) is 2.40. The molecular formula is C11H16F3N5. The second kappa shape index (κ2) is 5.20. The van der Waals surface area contributed by atoms with Gasteiger partial charge in [0.15, 0.2) is 0 Å². The van der Waals surface area contributed by atoms with Crippen LogP contribution in [-0.2, 0) is 0 Å². The molecule has 1 aliphatic rings. The molecule has 0 spiro atoms. The number of nitrogens with zero attached hydrogens (tertiary/aromatic N) is 2. The van der Waals surface area contributed by atoms with Crippen LogP contribution in [0.5, 0.6) is 0 Å². The third-order valence-electron chi connectivity index (χ3n) is 2.77. The van der Waals surface area contributed by atoms with E-state index in [0.717, 1.165) is 12.8 Å². The standard InChI is InChI=1S/C11H16F3N5/c1-6(5-11(12,13)14)16-8-4-9(19-15)18-10(17-8)7-2-3-7/h4,6-7H,2-3,5,15H2,1H3,(H2,16,17,18,19). The number of anilines is 2. The van der Waals surface area contributed by atoms with Gasteiger partial charge in [-0.25, -0.2) is 15.8 Å². The van der Waals surface area contributed by atoms with E-state index >= 15 is 0 Å². The van der Waals surface area contributed by atoms with Crippen molar-refractivity contribution in [2.45, 2.75) is 44.3 Å². The van der Waals surface area contributed by atoms with Crippen LogP contribution in [0.25, 0.3) is 0 Å². The van der Waals surface area contributed by atoms with Crippen LogP contribution in [0.2, 0.25) is 0 Å². The van der Waals surface area contributed by atoms with Gasteiger partial charge in [0.25, 0.3) is 0 Å². The maximum absolute atomic E-state index is 12.3. The first-order valence-electron chi connectivity index (χ1n) is 6.06. The summed E-state index contributed by atoms with van der Waals surface area (Å²) in [5.74, 6) is 6.98. The smallest absolute Gasteiger partial charge is 0.367 e.